The number of hydrogen-bond donors (Lipinski definition) is 2. The fraction of sp³-hybridized carbons (Fsp3) is 0.474. The lowest BCUT2D eigenvalue weighted by molar-refractivity contribution is 0.176. The van der Waals surface area contributed by atoms with Crippen molar-refractivity contribution in [3.8, 4) is 0 Å². The zero-order chi connectivity index (χ0) is 17.5. The van der Waals surface area contributed by atoms with Crippen molar-refractivity contribution in [3.05, 3.63) is 53.4 Å². The maximum absolute atomic E-state index is 11.8. The number of benzene rings is 1. The Morgan fingerprint density at radius 2 is 1.96 bits per heavy atom. The smallest absolute Gasteiger partial charge is 0.315 e. The minimum atomic E-state index is -0.214. The third-order valence-corrected chi connectivity index (χ3v) is 4.54. The first kappa shape index (κ1) is 17.5. The van der Waals surface area contributed by atoms with Crippen LogP contribution in [0.3, 0.4) is 0 Å². The van der Waals surface area contributed by atoms with E-state index in [2.05, 4.69) is 51.9 Å². The number of piperidine rings is 1. The Balaban J connectivity index is 1.40. The molecule has 0 spiro atoms. The predicted octanol–water partition coefficient (Wildman–Crippen LogP) is 2.91. The van der Waals surface area contributed by atoms with Crippen LogP contribution in [0.25, 0.3) is 0 Å². The van der Waals surface area contributed by atoms with Crippen LogP contribution in [0.15, 0.2) is 41.1 Å². The number of rotatable bonds is 6. The molecule has 1 atom stereocenters. The van der Waals surface area contributed by atoms with Gasteiger partial charge >= 0.3 is 6.03 Å². The van der Waals surface area contributed by atoms with E-state index in [1.54, 1.807) is 6.07 Å². The summed E-state index contributed by atoms with van der Waals surface area (Å²) in [6.45, 7) is 6.58. The van der Waals surface area contributed by atoms with Crippen LogP contribution in [0.2, 0.25) is 0 Å². The van der Waals surface area contributed by atoms with Gasteiger partial charge in [0.15, 0.2) is 0 Å². The molecule has 2 N–H and O–H groups in total. The lowest BCUT2D eigenvalue weighted by Gasteiger charge is -2.30. The van der Waals surface area contributed by atoms with Gasteiger partial charge in [0.2, 0.25) is 0 Å². The Morgan fingerprint density at radius 3 is 2.68 bits per heavy atom. The normalized spacial score (nSPS) is 18.0. The minimum Gasteiger partial charge on any atom is -0.364 e. The van der Waals surface area contributed by atoms with E-state index in [1.807, 2.05) is 0 Å². The van der Waals surface area contributed by atoms with Crippen molar-refractivity contribution in [1.29, 1.82) is 0 Å². The van der Waals surface area contributed by atoms with Gasteiger partial charge in [-0.05, 0) is 36.4 Å². The molecular weight excluding hydrogens is 316 g/mol. The molecule has 6 nitrogen and oxygen atoms in total. The van der Waals surface area contributed by atoms with Crippen molar-refractivity contribution in [2.24, 2.45) is 5.92 Å². The molecule has 0 radical (unpaired) electrons. The van der Waals surface area contributed by atoms with Crippen LogP contribution in [-0.2, 0) is 19.6 Å². The number of nitrogens with zero attached hydrogens (tertiary/aromatic N) is 2. The average molecular weight is 342 g/mol. The molecule has 1 aromatic carbocycles. The number of urea groups is 1. The summed E-state index contributed by atoms with van der Waals surface area (Å²) in [6, 6.07) is 9.99. The zero-order valence-electron chi connectivity index (χ0n) is 14.7. The topological polar surface area (TPSA) is 70.4 Å². The van der Waals surface area contributed by atoms with E-state index >= 15 is 0 Å². The summed E-state index contributed by atoms with van der Waals surface area (Å²) in [5, 5.41) is 9.34. The number of carbonyl (C=O) groups is 1. The second kappa shape index (κ2) is 8.67. The SMILES string of the molecule is C[C@H]1CCCN(Cc2ccc(CNC(=O)NCc3ccon3)cc2)C1. The number of carbonyl (C=O) groups excluding carboxylic acids is 1. The molecule has 1 aliphatic rings. The lowest BCUT2D eigenvalue weighted by atomic mass is 9.99. The zero-order valence-corrected chi connectivity index (χ0v) is 14.7. The van der Waals surface area contributed by atoms with E-state index < -0.39 is 0 Å². The van der Waals surface area contributed by atoms with Gasteiger partial charge < -0.3 is 15.2 Å². The summed E-state index contributed by atoms with van der Waals surface area (Å²) in [6.07, 6.45) is 4.13. The third-order valence-electron chi connectivity index (χ3n) is 4.54. The first-order valence-corrected chi connectivity index (χ1v) is 8.90. The highest BCUT2D eigenvalue weighted by Gasteiger charge is 2.16. The Bertz CT molecular complexity index is 655. The first-order chi connectivity index (χ1) is 12.2. The quantitative estimate of drug-likeness (QED) is 0.847. The second-order valence-electron chi connectivity index (χ2n) is 6.83. The lowest BCUT2D eigenvalue weighted by Crippen LogP contribution is -2.34. The predicted molar refractivity (Wildman–Crippen MR) is 95.7 cm³/mol. The summed E-state index contributed by atoms with van der Waals surface area (Å²) >= 11 is 0. The van der Waals surface area contributed by atoms with Gasteiger partial charge in [0.05, 0.1) is 6.54 Å². The molecule has 25 heavy (non-hydrogen) atoms. The largest absolute Gasteiger partial charge is 0.364 e. The highest BCUT2D eigenvalue weighted by atomic mass is 16.5. The van der Waals surface area contributed by atoms with E-state index in [4.69, 9.17) is 4.52 Å². The molecule has 0 unspecified atom stereocenters. The van der Waals surface area contributed by atoms with Crippen LogP contribution in [0.4, 0.5) is 4.79 Å². The van der Waals surface area contributed by atoms with Crippen LogP contribution < -0.4 is 10.6 Å². The van der Waals surface area contributed by atoms with Gasteiger partial charge in [0.25, 0.3) is 0 Å². The molecule has 0 bridgehead atoms. The van der Waals surface area contributed by atoms with Crippen LogP contribution in [0, 0.1) is 5.92 Å². The summed E-state index contributed by atoms with van der Waals surface area (Å²) in [4.78, 5) is 14.3. The van der Waals surface area contributed by atoms with Gasteiger partial charge in [-0.3, -0.25) is 4.90 Å². The molecule has 0 aliphatic carbocycles. The molecule has 134 valence electrons. The molecule has 1 aromatic heterocycles. The van der Waals surface area contributed by atoms with Crippen molar-refractivity contribution in [2.75, 3.05) is 13.1 Å². The number of amides is 2. The van der Waals surface area contributed by atoms with Gasteiger partial charge in [-0.15, -0.1) is 0 Å². The van der Waals surface area contributed by atoms with E-state index in [0.29, 0.717) is 18.8 Å². The molecule has 1 aliphatic heterocycles. The maximum Gasteiger partial charge on any atom is 0.315 e. The number of aromatic nitrogens is 1. The number of likely N-dealkylation sites (tertiary alicyclic amines) is 1. The van der Waals surface area contributed by atoms with Gasteiger partial charge in [0.1, 0.15) is 12.0 Å². The standard InChI is InChI=1S/C19H26N4O2/c1-15-3-2-9-23(13-15)14-17-6-4-16(5-7-17)11-20-19(24)21-12-18-8-10-25-22-18/h4-8,10,15H,2-3,9,11-14H2,1H3,(H2,20,21,24)/t15-/m0/s1. The summed E-state index contributed by atoms with van der Waals surface area (Å²) in [5.41, 5.74) is 3.12. The van der Waals surface area contributed by atoms with Crippen molar-refractivity contribution < 1.29 is 9.32 Å². The van der Waals surface area contributed by atoms with Gasteiger partial charge in [0, 0.05) is 25.7 Å². The highest BCUT2D eigenvalue weighted by molar-refractivity contribution is 5.73. The van der Waals surface area contributed by atoms with Crippen LogP contribution in [-0.4, -0.2) is 29.2 Å². The molecule has 2 amide bonds. The Labute approximate surface area is 148 Å². The van der Waals surface area contributed by atoms with Crippen molar-refractivity contribution in [3.63, 3.8) is 0 Å². The second-order valence-corrected chi connectivity index (χ2v) is 6.83. The highest BCUT2D eigenvalue weighted by Crippen LogP contribution is 2.18. The maximum atomic E-state index is 11.8. The Morgan fingerprint density at radius 1 is 1.20 bits per heavy atom. The number of hydrogen-bond acceptors (Lipinski definition) is 4. The Hall–Kier alpha value is -2.34. The molecule has 0 saturated carbocycles. The fourth-order valence-electron chi connectivity index (χ4n) is 3.20. The van der Waals surface area contributed by atoms with E-state index in [0.717, 1.165) is 18.0 Å². The molecular formula is C19H26N4O2. The average Bonchev–Trinajstić information content (AvgIpc) is 3.13. The molecule has 2 heterocycles. The van der Waals surface area contributed by atoms with Crippen molar-refractivity contribution in [2.45, 2.75) is 39.4 Å². The third kappa shape index (κ3) is 5.60. The molecule has 2 aromatic rings. The van der Waals surface area contributed by atoms with E-state index in [9.17, 15) is 4.79 Å². The van der Waals surface area contributed by atoms with Gasteiger partial charge in [-0.25, -0.2) is 4.79 Å². The first-order valence-electron chi connectivity index (χ1n) is 8.90. The van der Waals surface area contributed by atoms with Crippen LogP contribution >= 0.6 is 0 Å². The van der Waals surface area contributed by atoms with Crippen LogP contribution in [0.5, 0.6) is 0 Å². The monoisotopic (exact) mass is 342 g/mol. The number of nitrogens with one attached hydrogen (secondary N) is 2. The molecule has 3 rings (SSSR count). The summed E-state index contributed by atoms with van der Waals surface area (Å²) < 4.78 is 4.72. The summed E-state index contributed by atoms with van der Waals surface area (Å²) in [7, 11) is 0. The van der Waals surface area contributed by atoms with Gasteiger partial charge in [-0.1, -0.05) is 36.3 Å². The van der Waals surface area contributed by atoms with E-state index in [1.165, 1.54) is 37.8 Å². The molecule has 1 fully saturated rings. The fourth-order valence-corrected chi connectivity index (χ4v) is 3.20. The van der Waals surface area contributed by atoms with Crippen molar-refractivity contribution >= 4 is 6.03 Å². The molecule has 6 heteroatoms. The van der Waals surface area contributed by atoms with Gasteiger partial charge in [-0.2, -0.15) is 0 Å². The van der Waals surface area contributed by atoms with Crippen LogP contribution in [0.1, 0.15) is 36.6 Å². The van der Waals surface area contributed by atoms with E-state index in [-0.39, 0.29) is 6.03 Å². The summed E-state index contributed by atoms with van der Waals surface area (Å²) in [5.74, 6) is 0.799. The minimum absolute atomic E-state index is 0.214. The van der Waals surface area contributed by atoms with Crippen molar-refractivity contribution in [1.82, 2.24) is 20.7 Å². The molecule has 1 saturated heterocycles. The Kier molecular flexibility index (Phi) is 6.06.